The first-order chi connectivity index (χ1) is 26.6. The summed E-state index contributed by atoms with van der Waals surface area (Å²) in [6.45, 7) is 1.65. The lowest BCUT2D eigenvalue weighted by Gasteiger charge is -2.41. The van der Waals surface area contributed by atoms with Gasteiger partial charge in [-0.05, 0) is 67.9 Å². The van der Waals surface area contributed by atoms with Crippen LogP contribution < -0.4 is 9.64 Å². The van der Waals surface area contributed by atoms with Crippen molar-refractivity contribution < 1.29 is 32.2 Å². The normalized spacial score (nSPS) is 23.8. The fourth-order valence-corrected chi connectivity index (χ4v) is 9.03. The van der Waals surface area contributed by atoms with E-state index in [2.05, 4.69) is 31.0 Å². The molecule has 9 rings (SSSR count). The standard InChI is InChI=1S/C40H34F4N8O3/c1-2-28-31(42)9-6-22-13-27(53)15-29(33(22)28)35-34(44)36-30(17-45-35)37(48-39(47-36)55-21-40-10-4-12-51(40)18-23(41)16-40)50-19-25-7-8-26(20-50)52(25)38(54)32(43)14-24-5-3-11-46-49-24/h1,3,5-6,9,11,13-15,17,23,25-26,53H,4,7-8,10,12,16,18-21H2/b32-14-/t23-,25-,26+,40+/m1/s1. The van der Waals surface area contributed by atoms with Gasteiger partial charge in [0.2, 0.25) is 0 Å². The molecule has 280 valence electrons. The SMILES string of the molecule is C#Cc1c(F)ccc2cc(O)cc(-c3ncc4c(N5C[C@H]6CC[C@@H](C5)N6C(=O)/C(F)=C/c5cccnn5)nc(OC[C@@]56CCCN5C[C@H](F)C6)nc4c3F)c12. The van der Waals surface area contributed by atoms with Crippen LogP contribution in [0, 0.1) is 24.0 Å². The van der Waals surface area contributed by atoms with Gasteiger partial charge in [-0.1, -0.05) is 12.0 Å². The van der Waals surface area contributed by atoms with E-state index in [0.717, 1.165) is 25.5 Å². The monoisotopic (exact) mass is 750 g/mol. The van der Waals surface area contributed by atoms with Crippen LogP contribution >= 0.6 is 0 Å². The van der Waals surface area contributed by atoms with Gasteiger partial charge < -0.3 is 19.6 Å². The Hall–Kier alpha value is -5.88. The smallest absolute Gasteiger partial charge is 0.319 e. The summed E-state index contributed by atoms with van der Waals surface area (Å²) >= 11 is 0. The summed E-state index contributed by atoms with van der Waals surface area (Å²) in [6, 6.07) is 7.52. The molecule has 0 unspecified atom stereocenters. The van der Waals surface area contributed by atoms with Crippen LogP contribution in [0.15, 0.2) is 54.6 Å². The molecule has 3 aromatic heterocycles. The average molecular weight is 751 g/mol. The van der Waals surface area contributed by atoms with E-state index >= 15 is 8.78 Å². The Morgan fingerprint density at radius 2 is 1.95 bits per heavy atom. The molecule has 1 amide bonds. The molecule has 4 atom stereocenters. The Kier molecular flexibility index (Phi) is 8.53. The van der Waals surface area contributed by atoms with Crippen LogP contribution in [0.1, 0.15) is 43.4 Å². The van der Waals surface area contributed by atoms with Crippen LogP contribution in [0.3, 0.4) is 0 Å². The van der Waals surface area contributed by atoms with Crippen LogP contribution in [-0.4, -0.2) is 103 Å². The highest BCUT2D eigenvalue weighted by molar-refractivity contribution is 6.03. The molecule has 2 aromatic carbocycles. The molecule has 0 spiro atoms. The number of benzene rings is 2. The number of aromatic nitrogens is 5. The van der Waals surface area contributed by atoms with Crippen LogP contribution in [0.4, 0.5) is 23.4 Å². The molecule has 7 heterocycles. The van der Waals surface area contributed by atoms with Crippen molar-refractivity contribution in [2.24, 2.45) is 0 Å². The lowest BCUT2D eigenvalue weighted by Crippen LogP contribution is -2.56. The molecule has 15 heteroatoms. The van der Waals surface area contributed by atoms with Gasteiger partial charge in [-0.2, -0.15) is 20.2 Å². The third kappa shape index (κ3) is 5.95. The summed E-state index contributed by atoms with van der Waals surface area (Å²) in [5.41, 5.74) is -0.762. The van der Waals surface area contributed by atoms with Crippen LogP contribution in [0.2, 0.25) is 0 Å². The van der Waals surface area contributed by atoms with Crippen molar-refractivity contribution in [3.05, 3.63) is 77.5 Å². The zero-order valence-corrected chi connectivity index (χ0v) is 29.4. The molecule has 4 saturated heterocycles. The summed E-state index contributed by atoms with van der Waals surface area (Å²) in [6.07, 6.45) is 11.8. The van der Waals surface area contributed by atoms with Crippen LogP contribution in [-0.2, 0) is 4.79 Å². The number of nitrogens with zero attached hydrogens (tertiary/aromatic N) is 8. The van der Waals surface area contributed by atoms with Crippen molar-refractivity contribution in [3.63, 3.8) is 0 Å². The summed E-state index contributed by atoms with van der Waals surface area (Å²) in [4.78, 5) is 32.7. The van der Waals surface area contributed by atoms with Gasteiger partial charge in [-0.25, -0.2) is 17.6 Å². The number of fused-ring (bicyclic) bond motifs is 5. The molecule has 5 aromatic rings. The predicted octanol–water partition coefficient (Wildman–Crippen LogP) is 5.75. The first-order valence-electron chi connectivity index (χ1n) is 18.2. The first kappa shape index (κ1) is 34.9. The summed E-state index contributed by atoms with van der Waals surface area (Å²) in [5.74, 6) is -0.856. The van der Waals surface area contributed by atoms with Crippen molar-refractivity contribution in [3.8, 4) is 35.4 Å². The third-order valence-electron chi connectivity index (χ3n) is 11.4. The van der Waals surface area contributed by atoms with Gasteiger partial charge in [0.05, 0.1) is 34.3 Å². The van der Waals surface area contributed by atoms with E-state index in [9.17, 15) is 18.7 Å². The molecule has 2 bridgehead atoms. The highest BCUT2D eigenvalue weighted by Gasteiger charge is 2.50. The summed E-state index contributed by atoms with van der Waals surface area (Å²) in [7, 11) is 0. The Balaban J connectivity index is 1.12. The number of terminal acetylenes is 1. The number of rotatable bonds is 7. The number of aromatic hydroxyl groups is 1. The minimum Gasteiger partial charge on any atom is -0.508 e. The number of anilines is 1. The lowest BCUT2D eigenvalue weighted by molar-refractivity contribution is -0.131. The van der Waals surface area contributed by atoms with Gasteiger partial charge in [-0.3, -0.25) is 14.7 Å². The molecule has 4 aliphatic heterocycles. The van der Waals surface area contributed by atoms with E-state index in [1.807, 2.05) is 4.90 Å². The number of hydrogen-bond acceptors (Lipinski definition) is 10. The maximum Gasteiger partial charge on any atom is 0.319 e. The molecule has 55 heavy (non-hydrogen) atoms. The molecule has 1 N–H and O–H groups in total. The van der Waals surface area contributed by atoms with Gasteiger partial charge >= 0.3 is 6.01 Å². The van der Waals surface area contributed by atoms with Crippen LogP contribution in [0.5, 0.6) is 11.8 Å². The van der Waals surface area contributed by atoms with E-state index in [1.165, 1.54) is 36.7 Å². The first-order valence-corrected chi connectivity index (χ1v) is 18.2. The summed E-state index contributed by atoms with van der Waals surface area (Å²) < 4.78 is 68.2. The number of piperazine rings is 1. The minimum atomic E-state index is -0.993. The quantitative estimate of drug-likeness (QED) is 0.125. The van der Waals surface area contributed by atoms with Gasteiger partial charge in [0.25, 0.3) is 5.91 Å². The Morgan fingerprint density at radius 1 is 1.13 bits per heavy atom. The van der Waals surface area contributed by atoms with Gasteiger partial charge in [0.15, 0.2) is 11.6 Å². The Bertz CT molecular complexity index is 2430. The number of carbonyl (C=O) groups is 1. The van der Waals surface area contributed by atoms with E-state index in [1.54, 1.807) is 17.0 Å². The maximum absolute atomic E-state index is 17.1. The van der Waals surface area contributed by atoms with Crippen molar-refractivity contribution in [2.75, 3.05) is 37.7 Å². The number of pyridine rings is 1. The second-order valence-corrected chi connectivity index (χ2v) is 14.7. The second-order valence-electron chi connectivity index (χ2n) is 14.7. The van der Waals surface area contributed by atoms with E-state index < -0.39 is 35.1 Å². The number of carbonyl (C=O) groups excluding carboxylic acids is 1. The molecule has 0 saturated carbocycles. The largest absolute Gasteiger partial charge is 0.508 e. The topological polar surface area (TPSA) is 121 Å². The minimum absolute atomic E-state index is 0.0617. The number of phenolic OH excluding ortho intramolecular Hbond substituents is 1. The number of phenols is 1. The molecular formula is C40H34F4N8O3. The molecule has 0 aliphatic carbocycles. The number of hydrogen-bond donors (Lipinski definition) is 1. The van der Waals surface area contributed by atoms with Crippen molar-refractivity contribution in [2.45, 2.75) is 55.9 Å². The van der Waals surface area contributed by atoms with Gasteiger partial charge in [0, 0.05) is 55.5 Å². The van der Waals surface area contributed by atoms with E-state index in [-0.39, 0.29) is 82.3 Å². The maximum atomic E-state index is 17.1. The van der Waals surface area contributed by atoms with E-state index in [0.29, 0.717) is 37.0 Å². The zero-order chi connectivity index (χ0) is 38.0. The number of amides is 1. The number of alkyl halides is 1. The molecule has 0 radical (unpaired) electrons. The fraction of sp³-hybridized carbons (Fsp3) is 0.350. The second kappa shape index (κ2) is 13.5. The number of halogens is 4. The van der Waals surface area contributed by atoms with Gasteiger partial charge in [-0.15, -0.1) is 6.42 Å². The summed E-state index contributed by atoms with van der Waals surface area (Å²) in [5, 5.41) is 19.0. The molecule has 11 nitrogen and oxygen atoms in total. The van der Waals surface area contributed by atoms with Gasteiger partial charge in [0.1, 0.15) is 41.4 Å². The van der Waals surface area contributed by atoms with Crippen molar-refractivity contribution in [1.82, 2.24) is 34.9 Å². The van der Waals surface area contributed by atoms with Crippen LogP contribution in [0.25, 0.3) is 39.0 Å². The molecule has 4 aliphatic rings. The Labute approximate surface area is 312 Å². The highest BCUT2D eigenvalue weighted by atomic mass is 19.1. The predicted molar refractivity (Wildman–Crippen MR) is 195 cm³/mol. The van der Waals surface area contributed by atoms with Crippen molar-refractivity contribution in [1.29, 1.82) is 0 Å². The highest BCUT2D eigenvalue weighted by Crippen LogP contribution is 2.43. The average Bonchev–Trinajstić information content (AvgIpc) is 3.80. The zero-order valence-electron chi connectivity index (χ0n) is 29.4. The Morgan fingerprint density at radius 3 is 2.71 bits per heavy atom. The number of ether oxygens (including phenoxy) is 1. The van der Waals surface area contributed by atoms with E-state index in [4.69, 9.17) is 16.1 Å². The third-order valence-corrected chi connectivity index (χ3v) is 11.4. The lowest BCUT2D eigenvalue weighted by atomic mass is 9.95. The van der Waals surface area contributed by atoms with Crippen molar-refractivity contribution >= 4 is 39.5 Å². The molecule has 4 fully saturated rings. The fourth-order valence-electron chi connectivity index (χ4n) is 9.03. The molecular weight excluding hydrogens is 716 g/mol.